The number of fused-ring (bicyclic) bond motifs is 2. The Balaban J connectivity index is 1.71. The molecule has 2 nitrogen and oxygen atoms in total. The molecule has 0 saturated carbocycles. The fourth-order valence-corrected chi connectivity index (χ4v) is 5.69. The van der Waals surface area contributed by atoms with E-state index in [0.717, 1.165) is 28.3 Å². The summed E-state index contributed by atoms with van der Waals surface area (Å²) in [4.78, 5) is 2.44. The smallest absolute Gasteiger partial charge is 0.0901 e. The number of nitrogens with zero attached hydrogens (tertiary/aromatic N) is 1. The van der Waals surface area contributed by atoms with Gasteiger partial charge in [0.15, 0.2) is 0 Å². The molecule has 0 heterocycles. The van der Waals surface area contributed by atoms with Gasteiger partial charge in [-0.2, -0.15) is 0 Å². The van der Waals surface area contributed by atoms with Crippen LogP contribution in [0.3, 0.4) is 0 Å². The van der Waals surface area contributed by atoms with Gasteiger partial charge in [-0.25, -0.2) is 0 Å². The summed E-state index contributed by atoms with van der Waals surface area (Å²) in [5, 5.41) is 8.47. The standard InChI is InChI=1S/C40H38N2/c1-26-8-16-31(17-9-26)41-38-34-22-12-28(3)24-36(34)39(37-25-29(4)13-23-35(37)38)42(32-18-10-27(2)11-19-32)33-20-14-30(15-21-33)40(5,6)7/h8,10-16,18-25,41H,1-7H3. The molecule has 42 heavy (non-hydrogen) atoms. The maximum atomic E-state index is 3.73. The summed E-state index contributed by atoms with van der Waals surface area (Å²) in [7, 11) is 0. The molecule has 2 heteroatoms. The minimum atomic E-state index is 0.0819. The fourth-order valence-electron chi connectivity index (χ4n) is 5.69. The fraction of sp³-hybridized carbons (Fsp3) is 0.200. The average Bonchev–Trinajstić information content (AvgIpc) is 2.96. The van der Waals surface area contributed by atoms with Crippen molar-refractivity contribution in [1.29, 1.82) is 0 Å². The molecule has 0 bridgehead atoms. The number of aryl methyl sites for hydroxylation is 3. The van der Waals surface area contributed by atoms with Crippen molar-refractivity contribution in [2.24, 2.45) is 0 Å². The van der Waals surface area contributed by atoms with Crippen molar-refractivity contribution in [2.75, 3.05) is 10.2 Å². The van der Waals surface area contributed by atoms with E-state index in [1.54, 1.807) is 0 Å². The summed E-state index contributed by atoms with van der Waals surface area (Å²) in [5.41, 5.74) is 18.2. The van der Waals surface area contributed by atoms with Gasteiger partial charge < -0.3 is 10.2 Å². The Kier molecular flexibility index (Phi) is 6.91. The molecule has 0 unspecified atom stereocenters. The molecule has 1 aliphatic carbocycles. The number of benzene rings is 5. The van der Waals surface area contributed by atoms with E-state index < -0.39 is 0 Å². The van der Waals surface area contributed by atoms with Gasteiger partial charge in [0.05, 0.1) is 17.1 Å². The molecule has 1 N–H and O–H groups in total. The Morgan fingerprint density at radius 1 is 0.571 bits per heavy atom. The van der Waals surface area contributed by atoms with Crippen molar-refractivity contribution >= 4 is 44.3 Å². The molecule has 0 aliphatic heterocycles. The molecule has 6 rings (SSSR count). The van der Waals surface area contributed by atoms with Crippen LogP contribution in [0.4, 0.5) is 22.7 Å². The average molecular weight is 547 g/mol. The van der Waals surface area contributed by atoms with Gasteiger partial charge in [0, 0.05) is 32.9 Å². The van der Waals surface area contributed by atoms with Gasteiger partial charge in [-0.3, -0.25) is 0 Å². The van der Waals surface area contributed by atoms with E-state index in [2.05, 4.69) is 160 Å². The second kappa shape index (κ2) is 10.6. The van der Waals surface area contributed by atoms with Gasteiger partial charge in [0.1, 0.15) is 0 Å². The zero-order chi connectivity index (χ0) is 29.6. The first-order chi connectivity index (χ1) is 20.1. The minimum Gasteiger partial charge on any atom is -0.348 e. The lowest BCUT2D eigenvalue weighted by Gasteiger charge is -2.30. The van der Waals surface area contributed by atoms with Crippen LogP contribution in [-0.2, 0) is 5.41 Å². The van der Waals surface area contributed by atoms with Crippen molar-refractivity contribution in [3.05, 3.63) is 142 Å². The third-order valence-electron chi connectivity index (χ3n) is 8.06. The summed E-state index contributed by atoms with van der Waals surface area (Å²) < 4.78 is 0. The Hall–Kier alpha value is -4.74. The molecule has 0 saturated heterocycles. The van der Waals surface area contributed by atoms with E-state index in [4.69, 9.17) is 0 Å². The molecular weight excluding hydrogens is 508 g/mol. The summed E-state index contributed by atoms with van der Waals surface area (Å²) in [6.07, 6.45) is 4.15. The molecule has 0 spiro atoms. The molecule has 0 fully saturated rings. The third-order valence-corrected chi connectivity index (χ3v) is 8.06. The van der Waals surface area contributed by atoms with Crippen molar-refractivity contribution in [2.45, 2.75) is 53.9 Å². The summed E-state index contributed by atoms with van der Waals surface area (Å²) in [5.74, 6) is 0. The van der Waals surface area contributed by atoms with E-state index in [0.29, 0.717) is 0 Å². The quantitative estimate of drug-likeness (QED) is 0.134. The lowest BCUT2D eigenvalue weighted by molar-refractivity contribution is 0.590. The predicted octanol–water partition coefficient (Wildman–Crippen LogP) is 11.3. The van der Waals surface area contributed by atoms with Crippen LogP contribution in [0.2, 0.25) is 0 Å². The monoisotopic (exact) mass is 546 g/mol. The lowest BCUT2D eigenvalue weighted by atomic mass is 9.87. The Morgan fingerprint density at radius 2 is 1.10 bits per heavy atom. The van der Waals surface area contributed by atoms with Gasteiger partial charge in [-0.15, -0.1) is 0 Å². The van der Waals surface area contributed by atoms with E-state index in [1.165, 1.54) is 49.5 Å². The van der Waals surface area contributed by atoms with Crippen LogP contribution in [0.15, 0.2) is 120 Å². The number of allylic oxidation sites excluding steroid dienone is 3. The maximum absolute atomic E-state index is 3.73. The summed E-state index contributed by atoms with van der Waals surface area (Å²) >= 11 is 0. The number of nitrogens with one attached hydrogen (secondary N) is 1. The first-order valence-corrected chi connectivity index (χ1v) is 14.7. The highest BCUT2D eigenvalue weighted by atomic mass is 15.1. The van der Waals surface area contributed by atoms with Crippen molar-refractivity contribution in [3.63, 3.8) is 0 Å². The van der Waals surface area contributed by atoms with Crippen LogP contribution in [0.25, 0.3) is 21.5 Å². The first kappa shape index (κ1) is 27.4. The molecule has 0 aromatic heterocycles. The predicted molar refractivity (Wildman–Crippen MR) is 182 cm³/mol. The molecule has 1 aliphatic rings. The van der Waals surface area contributed by atoms with Gasteiger partial charge in [-0.1, -0.05) is 91.7 Å². The van der Waals surface area contributed by atoms with Crippen molar-refractivity contribution < 1.29 is 0 Å². The second-order valence-electron chi connectivity index (χ2n) is 12.6. The Labute approximate surface area is 250 Å². The van der Waals surface area contributed by atoms with Crippen LogP contribution in [0, 0.1) is 20.8 Å². The number of hydrogen-bond acceptors (Lipinski definition) is 2. The van der Waals surface area contributed by atoms with E-state index in [1.807, 2.05) is 6.92 Å². The largest absolute Gasteiger partial charge is 0.348 e. The van der Waals surface area contributed by atoms with E-state index in [9.17, 15) is 0 Å². The summed E-state index contributed by atoms with van der Waals surface area (Å²) in [6, 6.07) is 31.5. The first-order valence-electron chi connectivity index (χ1n) is 14.7. The van der Waals surface area contributed by atoms with E-state index in [-0.39, 0.29) is 5.41 Å². The van der Waals surface area contributed by atoms with Gasteiger partial charge in [0.2, 0.25) is 0 Å². The van der Waals surface area contributed by atoms with Gasteiger partial charge in [-0.05, 0) is 98.5 Å². The molecular formula is C40H38N2. The van der Waals surface area contributed by atoms with Crippen LogP contribution < -0.4 is 10.2 Å². The van der Waals surface area contributed by atoms with Gasteiger partial charge in [0.25, 0.3) is 0 Å². The second-order valence-corrected chi connectivity index (χ2v) is 12.6. The SMILES string of the molecule is CC1=C=C=C(Nc2c3ccc(C)cc3c(N(c3ccc(C)cc3)c3ccc(C(C)(C)C)cc3)c3cc(C)ccc23)C=C1. The Bertz CT molecular complexity index is 1900. The van der Waals surface area contributed by atoms with Crippen molar-refractivity contribution in [1.82, 2.24) is 0 Å². The summed E-state index contributed by atoms with van der Waals surface area (Å²) in [6.45, 7) is 15.3. The molecule has 0 radical (unpaired) electrons. The topological polar surface area (TPSA) is 15.3 Å². The molecule has 5 aromatic carbocycles. The number of hydrogen-bond donors (Lipinski definition) is 1. The van der Waals surface area contributed by atoms with E-state index >= 15 is 0 Å². The lowest BCUT2D eigenvalue weighted by Crippen LogP contribution is -2.14. The Morgan fingerprint density at radius 3 is 1.60 bits per heavy atom. The molecule has 208 valence electrons. The highest BCUT2D eigenvalue weighted by Gasteiger charge is 2.23. The zero-order valence-electron chi connectivity index (χ0n) is 25.7. The maximum Gasteiger partial charge on any atom is 0.0901 e. The van der Waals surface area contributed by atoms with Gasteiger partial charge >= 0.3 is 0 Å². The highest BCUT2D eigenvalue weighted by Crippen LogP contribution is 2.48. The molecule has 0 atom stereocenters. The highest BCUT2D eigenvalue weighted by molar-refractivity contribution is 6.22. The number of anilines is 4. The van der Waals surface area contributed by atoms with Crippen LogP contribution >= 0.6 is 0 Å². The minimum absolute atomic E-state index is 0.0819. The molecule has 5 aromatic rings. The zero-order valence-corrected chi connectivity index (χ0v) is 25.7. The van der Waals surface area contributed by atoms with Crippen LogP contribution in [0.5, 0.6) is 0 Å². The number of rotatable bonds is 5. The third kappa shape index (κ3) is 5.19. The van der Waals surface area contributed by atoms with Crippen molar-refractivity contribution in [3.8, 4) is 0 Å². The van der Waals surface area contributed by atoms with Crippen LogP contribution in [0.1, 0.15) is 49.9 Å². The van der Waals surface area contributed by atoms with Crippen LogP contribution in [-0.4, -0.2) is 0 Å². The molecule has 0 amide bonds. The normalized spacial score (nSPS) is 12.9.